The minimum Gasteiger partial charge on any atom is -0.342 e. The topological polar surface area (TPSA) is 85.0 Å². The Morgan fingerprint density at radius 1 is 1.11 bits per heavy atom. The highest BCUT2D eigenvalue weighted by molar-refractivity contribution is 5.90. The number of hydrogen-bond donors (Lipinski definition) is 2. The Labute approximate surface area is 216 Å². The molecule has 2 saturated heterocycles. The monoisotopic (exact) mass is 499 g/mol. The van der Waals surface area contributed by atoms with E-state index in [0.29, 0.717) is 32.1 Å². The van der Waals surface area contributed by atoms with Crippen LogP contribution < -0.4 is 10.6 Å². The van der Waals surface area contributed by atoms with Crippen LogP contribution in [0.15, 0.2) is 30.3 Å². The van der Waals surface area contributed by atoms with E-state index in [-0.39, 0.29) is 36.0 Å². The van der Waals surface area contributed by atoms with Crippen LogP contribution in [-0.4, -0.2) is 83.4 Å². The third kappa shape index (κ3) is 6.38. The molecule has 2 aliphatic rings. The molecule has 1 aromatic carbocycles. The van der Waals surface area contributed by atoms with Crippen molar-refractivity contribution in [3.05, 3.63) is 35.9 Å². The van der Waals surface area contributed by atoms with Crippen LogP contribution in [-0.2, 0) is 16.1 Å². The van der Waals surface area contributed by atoms with Crippen molar-refractivity contribution in [2.45, 2.75) is 85.1 Å². The molecule has 36 heavy (non-hydrogen) atoms. The maximum Gasteiger partial charge on any atom is 0.320 e. The second kappa shape index (κ2) is 11.6. The normalized spacial score (nSPS) is 22.3. The zero-order valence-electron chi connectivity index (χ0n) is 23.1. The Hall–Kier alpha value is -2.61. The van der Waals surface area contributed by atoms with Crippen LogP contribution in [0.4, 0.5) is 4.79 Å². The van der Waals surface area contributed by atoms with Gasteiger partial charge in [0.15, 0.2) is 0 Å². The molecule has 2 N–H and O–H groups in total. The molecule has 2 heterocycles. The van der Waals surface area contributed by atoms with Gasteiger partial charge in [-0.15, -0.1) is 0 Å². The van der Waals surface area contributed by atoms with Crippen molar-refractivity contribution in [3.63, 3.8) is 0 Å². The fraction of sp³-hybridized carbons (Fsp3) is 0.679. The van der Waals surface area contributed by atoms with Crippen LogP contribution in [0.2, 0.25) is 0 Å². The van der Waals surface area contributed by atoms with Crippen molar-refractivity contribution < 1.29 is 14.4 Å². The Morgan fingerprint density at radius 3 is 2.36 bits per heavy atom. The fourth-order valence-electron chi connectivity index (χ4n) is 5.20. The van der Waals surface area contributed by atoms with Gasteiger partial charge in [-0.05, 0) is 43.7 Å². The van der Waals surface area contributed by atoms with E-state index in [1.807, 2.05) is 65.8 Å². The summed E-state index contributed by atoms with van der Waals surface area (Å²) in [6, 6.07) is 9.15. The zero-order valence-corrected chi connectivity index (χ0v) is 23.1. The lowest BCUT2D eigenvalue weighted by Gasteiger charge is -2.38. The first-order valence-corrected chi connectivity index (χ1v) is 13.3. The van der Waals surface area contributed by atoms with Gasteiger partial charge in [-0.25, -0.2) is 4.79 Å². The molecule has 8 heteroatoms. The summed E-state index contributed by atoms with van der Waals surface area (Å²) in [5, 5.41) is 5.93. The van der Waals surface area contributed by atoms with E-state index in [1.165, 1.54) is 0 Å². The molecule has 8 nitrogen and oxygen atoms in total. The first-order chi connectivity index (χ1) is 16.9. The molecule has 2 fully saturated rings. The Morgan fingerprint density at radius 2 is 1.78 bits per heavy atom. The number of hydrogen-bond acceptors (Lipinski definition) is 4. The number of likely N-dealkylation sites (tertiary alicyclic amines) is 1. The van der Waals surface area contributed by atoms with Crippen molar-refractivity contribution in [2.24, 2.45) is 11.3 Å². The molecule has 1 aromatic rings. The number of nitrogens with zero attached hydrogens (tertiary/aromatic N) is 3. The molecule has 0 aromatic heterocycles. The lowest BCUT2D eigenvalue weighted by molar-refractivity contribution is -0.140. The predicted molar refractivity (Wildman–Crippen MR) is 142 cm³/mol. The lowest BCUT2D eigenvalue weighted by atomic mass is 9.85. The summed E-state index contributed by atoms with van der Waals surface area (Å²) in [6.07, 6.45) is 1.76. The Bertz CT molecular complexity index is 914. The zero-order chi connectivity index (χ0) is 26.6. The maximum atomic E-state index is 13.8. The maximum absolute atomic E-state index is 13.8. The molecule has 0 bridgehead atoms. The van der Waals surface area contributed by atoms with Crippen LogP contribution in [0.5, 0.6) is 0 Å². The molecule has 0 aliphatic carbocycles. The van der Waals surface area contributed by atoms with Gasteiger partial charge in [0.05, 0.1) is 12.1 Å². The molecule has 2 aliphatic heterocycles. The van der Waals surface area contributed by atoms with Gasteiger partial charge in [0.25, 0.3) is 0 Å². The highest BCUT2D eigenvalue weighted by Gasteiger charge is 2.44. The first-order valence-electron chi connectivity index (χ1n) is 13.3. The van der Waals surface area contributed by atoms with Gasteiger partial charge in [0.2, 0.25) is 11.8 Å². The summed E-state index contributed by atoms with van der Waals surface area (Å²) >= 11 is 0. The second-order valence-electron chi connectivity index (χ2n) is 11.8. The summed E-state index contributed by atoms with van der Waals surface area (Å²) in [4.78, 5) is 45.8. The lowest BCUT2D eigenvalue weighted by Crippen LogP contribution is -2.59. The van der Waals surface area contributed by atoms with E-state index in [4.69, 9.17) is 0 Å². The molecule has 3 rings (SSSR count). The van der Waals surface area contributed by atoms with E-state index < -0.39 is 11.5 Å². The molecule has 4 amide bonds. The molecule has 0 saturated carbocycles. The van der Waals surface area contributed by atoms with Crippen molar-refractivity contribution in [1.29, 1.82) is 0 Å². The van der Waals surface area contributed by atoms with Crippen molar-refractivity contribution in [3.8, 4) is 0 Å². The van der Waals surface area contributed by atoms with Crippen LogP contribution in [0, 0.1) is 11.3 Å². The molecule has 0 radical (unpaired) electrons. The number of rotatable bonds is 9. The van der Waals surface area contributed by atoms with Crippen LogP contribution >= 0.6 is 0 Å². The highest BCUT2D eigenvalue weighted by atomic mass is 16.2. The summed E-state index contributed by atoms with van der Waals surface area (Å²) in [5.74, 6) is 0.0631. The van der Waals surface area contributed by atoms with Crippen molar-refractivity contribution in [1.82, 2.24) is 25.3 Å². The van der Waals surface area contributed by atoms with Crippen LogP contribution in [0.3, 0.4) is 0 Å². The molecular weight excluding hydrogens is 454 g/mol. The number of amides is 4. The number of urea groups is 1. The average Bonchev–Trinajstić information content (AvgIpc) is 3.41. The molecule has 1 unspecified atom stereocenters. The molecule has 4 atom stereocenters. The highest BCUT2D eigenvalue weighted by Crippen LogP contribution is 2.30. The molecule has 0 spiro atoms. The first kappa shape index (κ1) is 28.0. The van der Waals surface area contributed by atoms with Gasteiger partial charge >= 0.3 is 6.03 Å². The van der Waals surface area contributed by atoms with Crippen molar-refractivity contribution >= 4 is 17.8 Å². The van der Waals surface area contributed by atoms with E-state index >= 15 is 0 Å². The number of carbonyl (C=O) groups is 3. The third-order valence-electron chi connectivity index (χ3n) is 7.60. The van der Waals surface area contributed by atoms with Crippen molar-refractivity contribution in [2.75, 3.05) is 26.7 Å². The summed E-state index contributed by atoms with van der Waals surface area (Å²) in [7, 11) is 1.73. The predicted octanol–water partition coefficient (Wildman–Crippen LogP) is 3.08. The Balaban J connectivity index is 1.76. The van der Waals surface area contributed by atoms with E-state index in [1.54, 1.807) is 14.0 Å². The second-order valence-corrected chi connectivity index (χ2v) is 11.8. The minimum atomic E-state index is -0.633. The smallest absolute Gasteiger partial charge is 0.320 e. The van der Waals surface area contributed by atoms with Crippen LogP contribution in [0.1, 0.15) is 59.9 Å². The summed E-state index contributed by atoms with van der Waals surface area (Å²) in [6.45, 7) is 14.5. The van der Waals surface area contributed by atoms with Gasteiger partial charge in [0, 0.05) is 32.2 Å². The van der Waals surface area contributed by atoms with Gasteiger partial charge in [-0.2, -0.15) is 0 Å². The van der Waals surface area contributed by atoms with E-state index in [0.717, 1.165) is 18.4 Å². The number of carbonyl (C=O) groups excluding carboxylic acids is 3. The van der Waals surface area contributed by atoms with Crippen LogP contribution in [0.25, 0.3) is 0 Å². The van der Waals surface area contributed by atoms with Gasteiger partial charge in [-0.1, -0.05) is 65.0 Å². The minimum absolute atomic E-state index is 0.0420. The molecular formula is C28H45N5O3. The van der Waals surface area contributed by atoms with E-state index in [2.05, 4.69) is 24.5 Å². The average molecular weight is 500 g/mol. The third-order valence-corrected chi connectivity index (χ3v) is 7.60. The van der Waals surface area contributed by atoms with Gasteiger partial charge < -0.3 is 25.3 Å². The summed E-state index contributed by atoms with van der Waals surface area (Å²) in [5.41, 5.74) is 0.677. The Kier molecular flexibility index (Phi) is 9.03. The molecule has 200 valence electrons. The van der Waals surface area contributed by atoms with Gasteiger partial charge in [-0.3, -0.25) is 9.59 Å². The SMILES string of the molecule is CN[C@@H](C)C(=O)N[C@H](C(=O)N1CCC[C@H]1CN1C(=O)N(Cc2ccccc2)CC1C(C)C)C(C)(C)C. The number of likely N-dealkylation sites (N-methyl/N-ethyl adjacent to an activating group) is 1. The summed E-state index contributed by atoms with van der Waals surface area (Å²) < 4.78 is 0. The standard InChI is InChI=1S/C28H45N5O3/c1-19(2)23-18-31(16-21-12-9-8-10-13-21)27(36)33(23)17-22-14-11-15-32(22)26(35)24(28(4,5)6)30-25(34)20(3)29-7/h8-10,12-13,19-20,22-24,29H,11,14-18H2,1-7H3,(H,30,34)/t20-,22-,23?,24+/m0/s1. The van der Waals surface area contributed by atoms with E-state index in [9.17, 15) is 14.4 Å². The van der Waals surface area contributed by atoms with Gasteiger partial charge in [0.1, 0.15) is 6.04 Å². The quantitative estimate of drug-likeness (QED) is 0.547. The number of nitrogens with one attached hydrogen (secondary N) is 2. The fourth-order valence-corrected chi connectivity index (χ4v) is 5.20. The largest absolute Gasteiger partial charge is 0.342 e. The number of benzene rings is 1.